The molecule has 3 nitrogen and oxygen atoms in total. The molecule has 0 aromatic heterocycles. The van der Waals surface area contributed by atoms with Crippen molar-refractivity contribution in [3.8, 4) is 0 Å². The van der Waals surface area contributed by atoms with E-state index in [2.05, 4.69) is 0 Å². The summed E-state index contributed by atoms with van der Waals surface area (Å²) in [6.45, 7) is 0.449. The fourth-order valence-electron chi connectivity index (χ4n) is 2.29. The van der Waals surface area contributed by atoms with Gasteiger partial charge in [-0.2, -0.15) is 0 Å². The Hall–Kier alpha value is -0.120. The van der Waals surface area contributed by atoms with Gasteiger partial charge in [0, 0.05) is 26.7 Å². The van der Waals surface area contributed by atoms with Crippen molar-refractivity contribution in [1.82, 2.24) is 0 Å². The molecule has 78 valence electrons. The molecule has 0 radical (unpaired) electrons. The van der Waals surface area contributed by atoms with Crippen molar-refractivity contribution in [2.24, 2.45) is 11.7 Å². The van der Waals surface area contributed by atoms with Crippen molar-refractivity contribution in [2.45, 2.75) is 37.9 Å². The van der Waals surface area contributed by atoms with Crippen LogP contribution < -0.4 is 5.73 Å². The lowest BCUT2D eigenvalue weighted by Crippen LogP contribution is -2.49. The van der Waals surface area contributed by atoms with Gasteiger partial charge in [0.1, 0.15) is 0 Å². The Balaban J connectivity index is 2.60. The number of hydrogen-bond donors (Lipinski definition) is 1. The summed E-state index contributed by atoms with van der Waals surface area (Å²) in [4.78, 5) is 0. The van der Waals surface area contributed by atoms with E-state index in [9.17, 15) is 0 Å². The van der Waals surface area contributed by atoms with Gasteiger partial charge >= 0.3 is 0 Å². The molecular weight excluding hydrogens is 166 g/mol. The number of hydrogen-bond acceptors (Lipinski definition) is 3. The minimum atomic E-state index is -0.527. The van der Waals surface area contributed by atoms with Gasteiger partial charge in [-0.1, -0.05) is 19.3 Å². The molecule has 0 aromatic rings. The van der Waals surface area contributed by atoms with Crippen molar-refractivity contribution >= 4 is 0 Å². The fraction of sp³-hybridized carbons (Fsp3) is 1.00. The van der Waals surface area contributed by atoms with Crippen LogP contribution in [0.3, 0.4) is 0 Å². The van der Waals surface area contributed by atoms with Gasteiger partial charge < -0.3 is 15.2 Å². The van der Waals surface area contributed by atoms with Crippen molar-refractivity contribution in [1.29, 1.82) is 0 Å². The van der Waals surface area contributed by atoms with Crippen LogP contribution in [0.15, 0.2) is 0 Å². The molecule has 0 saturated heterocycles. The largest absolute Gasteiger partial charge is 0.352 e. The van der Waals surface area contributed by atoms with E-state index in [4.69, 9.17) is 15.2 Å². The van der Waals surface area contributed by atoms with Gasteiger partial charge in [0.25, 0.3) is 0 Å². The highest BCUT2D eigenvalue weighted by atomic mass is 16.7. The SMILES string of the molecule is COC(CN)(OC)C1CCCCC1. The Morgan fingerprint density at radius 1 is 1.15 bits per heavy atom. The molecular formula is C10H21NO2. The van der Waals surface area contributed by atoms with Gasteiger partial charge in [0.2, 0.25) is 0 Å². The lowest BCUT2D eigenvalue weighted by molar-refractivity contribution is -0.237. The van der Waals surface area contributed by atoms with Gasteiger partial charge in [-0.05, 0) is 12.8 Å². The van der Waals surface area contributed by atoms with Gasteiger partial charge in [-0.3, -0.25) is 0 Å². The van der Waals surface area contributed by atoms with Crippen LogP contribution in [0.2, 0.25) is 0 Å². The zero-order valence-electron chi connectivity index (χ0n) is 8.71. The Kier molecular flexibility index (Phi) is 4.16. The van der Waals surface area contributed by atoms with Crippen LogP contribution in [0.4, 0.5) is 0 Å². The Morgan fingerprint density at radius 3 is 2.08 bits per heavy atom. The second kappa shape index (κ2) is 4.94. The van der Waals surface area contributed by atoms with Gasteiger partial charge in [0.05, 0.1) is 0 Å². The van der Waals surface area contributed by atoms with E-state index in [1.54, 1.807) is 14.2 Å². The van der Waals surface area contributed by atoms with E-state index in [0.29, 0.717) is 12.5 Å². The number of nitrogens with two attached hydrogens (primary N) is 1. The summed E-state index contributed by atoms with van der Waals surface area (Å²) >= 11 is 0. The third-order valence-corrected chi connectivity index (χ3v) is 3.20. The molecule has 3 heteroatoms. The number of methoxy groups -OCH3 is 2. The first kappa shape index (κ1) is 11.0. The molecule has 0 atom stereocenters. The van der Waals surface area contributed by atoms with Gasteiger partial charge in [-0.25, -0.2) is 0 Å². The van der Waals surface area contributed by atoms with Crippen molar-refractivity contribution in [3.63, 3.8) is 0 Å². The van der Waals surface area contributed by atoms with Crippen LogP contribution in [0, 0.1) is 5.92 Å². The monoisotopic (exact) mass is 187 g/mol. The molecule has 0 aromatic carbocycles. The molecule has 0 heterocycles. The van der Waals surface area contributed by atoms with Crippen molar-refractivity contribution < 1.29 is 9.47 Å². The third kappa shape index (κ3) is 2.22. The van der Waals surface area contributed by atoms with E-state index in [1.807, 2.05) is 0 Å². The molecule has 0 bridgehead atoms. The molecule has 0 unspecified atom stereocenters. The van der Waals surface area contributed by atoms with Gasteiger partial charge in [-0.15, -0.1) is 0 Å². The molecule has 0 spiro atoms. The summed E-state index contributed by atoms with van der Waals surface area (Å²) in [6, 6.07) is 0. The van der Waals surface area contributed by atoms with Crippen molar-refractivity contribution in [3.05, 3.63) is 0 Å². The summed E-state index contributed by atoms with van der Waals surface area (Å²) in [7, 11) is 3.37. The average molecular weight is 187 g/mol. The Bertz CT molecular complexity index is 132. The summed E-state index contributed by atoms with van der Waals surface area (Å²) in [6.07, 6.45) is 6.25. The third-order valence-electron chi connectivity index (χ3n) is 3.20. The smallest absolute Gasteiger partial charge is 0.182 e. The van der Waals surface area contributed by atoms with E-state index in [0.717, 1.165) is 0 Å². The first-order chi connectivity index (χ1) is 6.29. The lowest BCUT2D eigenvalue weighted by Gasteiger charge is -2.39. The van der Waals surface area contributed by atoms with Crippen LogP contribution in [0.25, 0.3) is 0 Å². The van der Waals surface area contributed by atoms with Crippen LogP contribution in [0.5, 0.6) is 0 Å². The van der Waals surface area contributed by atoms with E-state index in [-0.39, 0.29) is 0 Å². The number of ether oxygens (including phenoxy) is 2. The van der Waals surface area contributed by atoms with Crippen LogP contribution in [-0.2, 0) is 9.47 Å². The predicted octanol–water partition coefficient (Wildman–Crippen LogP) is 1.51. The molecule has 1 aliphatic carbocycles. The quantitative estimate of drug-likeness (QED) is 0.679. The zero-order chi connectivity index (χ0) is 9.73. The normalized spacial score (nSPS) is 20.5. The summed E-state index contributed by atoms with van der Waals surface area (Å²) in [5.41, 5.74) is 5.71. The second-order valence-corrected chi connectivity index (χ2v) is 3.76. The van der Waals surface area contributed by atoms with E-state index < -0.39 is 5.79 Å². The maximum atomic E-state index is 5.71. The first-order valence-corrected chi connectivity index (χ1v) is 5.09. The Morgan fingerprint density at radius 2 is 1.69 bits per heavy atom. The van der Waals surface area contributed by atoms with E-state index in [1.165, 1.54) is 32.1 Å². The molecule has 1 rings (SSSR count). The van der Waals surface area contributed by atoms with E-state index >= 15 is 0 Å². The minimum absolute atomic E-state index is 0.449. The molecule has 1 saturated carbocycles. The highest BCUT2D eigenvalue weighted by Gasteiger charge is 2.38. The van der Waals surface area contributed by atoms with Gasteiger partial charge in [0.15, 0.2) is 5.79 Å². The molecule has 1 aliphatic rings. The van der Waals surface area contributed by atoms with Crippen LogP contribution in [-0.4, -0.2) is 26.6 Å². The minimum Gasteiger partial charge on any atom is -0.352 e. The highest BCUT2D eigenvalue weighted by molar-refractivity contribution is 4.82. The summed E-state index contributed by atoms with van der Waals surface area (Å²) in [5, 5.41) is 0. The highest BCUT2D eigenvalue weighted by Crippen LogP contribution is 2.34. The molecule has 13 heavy (non-hydrogen) atoms. The topological polar surface area (TPSA) is 44.5 Å². The maximum absolute atomic E-state index is 5.71. The van der Waals surface area contributed by atoms with Crippen LogP contribution in [0.1, 0.15) is 32.1 Å². The van der Waals surface area contributed by atoms with Crippen LogP contribution >= 0.6 is 0 Å². The fourth-order valence-corrected chi connectivity index (χ4v) is 2.29. The molecule has 0 amide bonds. The summed E-state index contributed by atoms with van der Waals surface area (Å²) < 4.78 is 10.9. The lowest BCUT2D eigenvalue weighted by atomic mass is 9.83. The zero-order valence-corrected chi connectivity index (χ0v) is 8.71. The molecule has 2 N–H and O–H groups in total. The second-order valence-electron chi connectivity index (χ2n) is 3.76. The average Bonchev–Trinajstić information content (AvgIpc) is 2.23. The maximum Gasteiger partial charge on any atom is 0.182 e. The standard InChI is InChI=1S/C10H21NO2/c1-12-10(8-11,13-2)9-6-4-3-5-7-9/h9H,3-8,11H2,1-2H3. The Labute approximate surface area is 80.6 Å². The predicted molar refractivity (Wildman–Crippen MR) is 52.4 cm³/mol. The molecule has 1 fully saturated rings. The number of rotatable bonds is 4. The summed E-state index contributed by atoms with van der Waals surface area (Å²) in [5.74, 6) is -0.0540. The molecule has 0 aliphatic heterocycles. The first-order valence-electron chi connectivity index (χ1n) is 5.09. The van der Waals surface area contributed by atoms with Crippen molar-refractivity contribution in [2.75, 3.05) is 20.8 Å².